The summed E-state index contributed by atoms with van der Waals surface area (Å²) in [6.45, 7) is 2.65. The van der Waals surface area contributed by atoms with E-state index < -0.39 is 0 Å². The minimum atomic E-state index is -0.286. The number of nitrogens with zero attached hydrogens (tertiary/aromatic N) is 5. The van der Waals surface area contributed by atoms with E-state index in [9.17, 15) is 4.79 Å². The van der Waals surface area contributed by atoms with Gasteiger partial charge in [0, 0.05) is 55.7 Å². The highest BCUT2D eigenvalue weighted by molar-refractivity contribution is 7.15. The fraction of sp³-hybridized carbons (Fsp3) is 0.235. The van der Waals surface area contributed by atoms with Crippen molar-refractivity contribution < 1.29 is 4.79 Å². The summed E-state index contributed by atoms with van der Waals surface area (Å²) in [6.07, 6.45) is 9.04. The third-order valence-electron chi connectivity index (χ3n) is 3.96. The Labute approximate surface area is 148 Å². The largest absolute Gasteiger partial charge is 0.296 e. The average Bonchev–Trinajstić information content (AvgIpc) is 3.05. The quantitative estimate of drug-likeness (QED) is 0.774. The second-order valence-corrected chi connectivity index (χ2v) is 6.84. The first kappa shape index (κ1) is 15.8. The number of fused-ring (bicyclic) bond motifs is 1. The molecule has 4 rings (SSSR count). The van der Waals surface area contributed by atoms with Crippen LogP contribution in [0.1, 0.15) is 26.6 Å². The van der Waals surface area contributed by atoms with Crippen molar-refractivity contribution in [1.82, 2.24) is 24.8 Å². The summed E-state index contributed by atoms with van der Waals surface area (Å²) in [4.78, 5) is 32.4. The number of aromatic nitrogens is 4. The van der Waals surface area contributed by atoms with Gasteiger partial charge in [-0.05, 0) is 11.6 Å². The van der Waals surface area contributed by atoms with Crippen molar-refractivity contribution in [3.05, 3.63) is 64.9 Å². The van der Waals surface area contributed by atoms with E-state index in [2.05, 4.69) is 36.2 Å². The van der Waals surface area contributed by atoms with Crippen LogP contribution in [0.15, 0.2) is 43.1 Å². The molecule has 4 heterocycles. The Kier molecular flexibility index (Phi) is 4.45. The van der Waals surface area contributed by atoms with Crippen LogP contribution in [0.2, 0.25) is 0 Å². The van der Waals surface area contributed by atoms with Gasteiger partial charge in [0.15, 0.2) is 5.13 Å². The van der Waals surface area contributed by atoms with Crippen LogP contribution in [0, 0.1) is 0 Å². The zero-order valence-electron chi connectivity index (χ0n) is 13.4. The van der Waals surface area contributed by atoms with E-state index in [-0.39, 0.29) is 11.6 Å². The van der Waals surface area contributed by atoms with Crippen molar-refractivity contribution in [1.29, 1.82) is 0 Å². The van der Waals surface area contributed by atoms with Gasteiger partial charge < -0.3 is 0 Å². The number of amides is 1. The highest BCUT2D eigenvalue weighted by Gasteiger charge is 2.22. The van der Waals surface area contributed by atoms with Gasteiger partial charge in [-0.25, -0.2) is 9.97 Å². The molecule has 0 saturated carbocycles. The van der Waals surface area contributed by atoms with Crippen molar-refractivity contribution in [3.63, 3.8) is 0 Å². The predicted octanol–water partition coefficient (Wildman–Crippen LogP) is 2.14. The summed E-state index contributed by atoms with van der Waals surface area (Å²) in [7, 11) is 0. The Morgan fingerprint density at radius 1 is 1.24 bits per heavy atom. The van der Waals surface area contributed by atoms with Gasteiger partial charge in [-0.3, -0.25) is 25.0 Å². The van der Waals surface area contributed by atoms with Crippen LogP contribution in [0.4, 0.5) is 5.13 Å². The minimum absolute atomic E-state index is 0.286. The molecule has 7 nitrogen and oxygen atoms in total. The Hall–Kier alpha value is -2.71. The van der Waals surface area contributed by atoms with Crippen molar-refractivity contribution in [2.45, 2.75) is 19.5 Å². The first-order valence-corrected chi connectivity index (χ1v) is 8.77. The molecule has 1 aliphatic rings. The molecule has 1 N–H and O–H groups in total. The van der Waals surface area contributed by atoms with Crippen LogP contribution >= 0.6 is 11.3 Å². The SMILES string of the molecule is O=C(Nc1nc2c(s1)CN(Cc1cccnc1)CC2)c1cnccn1. The second kappa shape index (κ2) is 7.04. The molecule has 0 fully saturated rings. The van der Waals surface area contributed by atoms with Crippen molar-refractivity contribution in [2.24, 2.45) is 0 Å². The zero-order chi connectivity index (χ0) is 17.1. The van der Waals surface area contributed by atoms with Crippen LogP contribution < -0.4 is 5.32 Å². The van der Waals surface area contributed by atoms with Crippen LogP contribution in [-0.4, -0.2) is 37.3 Å². The third kappa shape index (κ3) is 3.70. The van der Waals surface area contributed by atoms with Gasteiger partial charge in [0.25, 0.3) is 5.91 Å². The third-order valence-corrected chi connectivity index (χ3v) is 4.95. The highest BCUT2D eigenvalue weighted by Crippen LogP contribution is 2.29. The van der Waals surface area contributed by atoms with E-state index >= 15 is 0 Å². The zero-order valence-corrected chi connectivity index (χ0v) is 14.2. The van der Waals surface area contributed by atoms with Crippen molar-refractivity contribution >= 4 is 22.4 Å². The molecular formula is C17H16N6OS. The number of carbonyl (C=O) groups is 1. The summed E-state index contributed by atoms with van der Waals surface area (Å²) < 4.78 is 0. The van der Waals surface area contributed by atoms with Crippen LogP contribution in [0.5, 0.6) is 0 Å². The Balaban J connectivity index is 1.43. The summed E-state index contributed by atoms with van der Waals surface area (Å²) in [5, 5.41) is 3.43. The molecule has 0 aromatic carbocycles. The number of rotatable bonds is 4. The molecule has 0 radical (unpaired) electrons. The summed E-state index contributed by atoms with van der Waals surface area (Å²) in [5.74, 6) is -0.286. The van der Waals surface area contributed by atoms with Gasteiger partial charge >= 0.3 is 0 Å². The smallest absolute Gasteiger partial charge is 0.277 e. The second-order valence-electron chi connectivity index (χ2n) is 5.76. The topological polar surface area (TPSA) is 83.9 Å². The number of pyridine rings is 1. The maximum absolute atomic E-state index is 12.2. The minimum Gasteiger partial charge on any atom is -0.296 e. The predicted molar refractivity (Wildman–Crippen MR) is 94.2 cm³/mol. The van der Waals surface area contributed by atoms with E-state index in [1.54, 1.807) is 6.20 Å². The number of carbonyl (C=O) groups excluding carboxylic acids is 1. The molecule has 126 valence electrons. The lowest BCUT2D eigenvalue weighted by Gasteiger charge is -2.25. The van der Waals surface area contributed by atoms with Crippen LogP contribution in [-0.2, 0) is 19.5 Å². The molecule has 1 aliphatic heterocycles. The number of thiazole rings is 1. The molecule has 0 atom stereocenters. The fourth-order valence-electron chi connectivity index (χ4n) is 2.76. The molecule has 0 spiro atoms. The summed E-state index contributed by atoms with van der Waals surface area (Å²) in [6, 6.07) is 4.04. The Morgan fingerprint density at radius 3 is 2.96 bits per heavy atom. The Bertz CT molecular complexity index is 867. The van der Waals surface area contributed by atoms with E-state index in [0.29, 0.717) is 5.13 Å². The van der Waals surface area contributed by atoms with Gasteiger partial charge in [-0.2, -0.15) is 0 Å². The van der Waals surface area contributed by atoms with E-state index in [0.717, 1.165) is 31.7 Å². The first-order chi connectivity index (χ1) is 12.3. The standard InChI is InChI=1S/C17H16N6OS/c24-16(14-9-19-5-6-20-14)22-17-21-13-3-7-23(11-15(13)25-17)10-12-2-1-4-18-8-12/h1-2,4-6,8-9H,3,7,10-11H2,(H,21,22,24). The molecule has 3 aromatic heterocycles. The Morgan fingerprint density at radius 2 is 2.16 bits per heavy atom. The molecular weight excluding hydrogens is 336 g/mol. The number of anilines is 1. The molecule has 3 aromatic rings. The van der Waals surface area contributed by atoms with E-state index in [1.165, 1.54) is 40.4 Å². The number of hydrogen-bond donors (Lipinski definition) is 1. The lowest BCUT2D eigenvalue weighted by molar-refractivity contribution is 0.102. The molecule has 1 amide bonds. The molecule has 8 heteroatoms. The number of nitrogens with one attached hydrogen (secondary N) is 1. The number of hydrogen-bond acceptors (Lipinski definition) is 7. The average molecular weight is 352 g/mol. The van der Waals surface area contributed by atoms with E-state index in [4.69, 9.17) is 0 Å². The molecule has 0 bridgehead atoms. The molecule has 25 heavy (non-hydrogen) atoms. The molecule has 0 saturated heterocycles. The first-order valence-electron chi connectivity index (χ1n) is 7.95. The van der Waals surface area contributed by atoms with Gasteiger partial charge in [0.1, 0.15) is 5.69 Å². The van der Waals surface area contributed by atoms with Gasteiger partial charge in [-0.1, -0.05) is 6.07 Å². The lowest BCUT2D eigenvalue weighted by atomic mass is 10.1. The fourth-order valence-corrected chi connectivity index (χ4v) is 3.81. The summed E-state index contributed by atoms with van der Waals surface area (Å²) in [5.41, 5.74) is 2.56. The van der Waals surface area contributed by atoms with E-state index in [1.807, 2.05) is 12.3 Å². The monoisotopic (exact) mass is 352 g/mol. The lowest BCUT2D eigenvalue weighted by Crippen LogP contribution is -2.29. The highest BCUT2D eigenvalue weighted by atomic mass is 32.1. The van der Waals surface area contributed by atoms with Gasteiger partial charge in [0.05, 0.1) is 11.9 Å². The van der Waals surface area contributed by atoms with Crippen LogP contribution in [0.3, 0.4) is 0 Å². The van der Waals surface area contributed by atoms with Crippen molar-refractivity contribution in [3.8, 4) is 0 Å². The normalized spacial score (nSPS) is 14.1. The van der Waals surface area contributed by atoms with Gasteiger partial charge in [0.2, 0.25) is 0 Å². The van der Waals surface area contributed by atoms with Crippen molar-refractivity contribution in [2.75, 3.05) is 11.9 Å². The van der Waals surface area contributed by atoms with Gasteiger partial charge in [-0.15, -0.1) is 11.3 Å². The maximum atomic E-state index is 12.2. The molecule has 0 aliphatic carbocycles. The van der Waals surface area contributed by atoms with Crippen LogP contribution in [0.25, 0.3) is 0 Å². The maximum Gasteiger partial charge on any atom is 0.277 e. The molecule has 0 unspecified atom stereocenters. The summed E-state index contributed by atoms with van der Waals surface area (Å²) >= 11 is 1.52.